The molecule has 0 aromatic carbocycles. The SMILES string of the molecule is CCCCC/C=C\C/C=C\C/C=C\CCCCCCCCC(=O)OC(CCCCCCCCCC)CC(=O)NC(CO)C(O)CCCCCCCCCCCCC. The van der Waals surface area contributed by atoms with Crippen molar-refractivity contribution in [2.45, 2.75) is 270 Å². The van der Waals surface area contributed by atoms with Crippen LogP contribution < -0.4 is 5.32 Å². The Morgan fingerprint density at radius 3 is 1.39 bits per heavy atom. The molecule has 57 heavy (non-hydrogen) atoms. The van der Waals surface area contributed by atoms with Gasteiger partial charge in [0.15, 0.2) is 0 Å². The molecule has 0 aliphatic rings. The van der Waals surface area contributed by atoms with Gasteiger partial charge >= 0.3 is 5.97 Å². The number of esters is 1. The third kappa shape index (κ3) is 40.6. The minimum absolute atomic E-state index is 0.0746. The number of unbranched alkanes of at least 4 members (excludes halogenated alkanes) is 26. The Morgan fingerprint density at radius 1 is 0.509 bits per heavy atom. The summed E-state index contributed by atoms with van der Waals surface area (Å²) < 4.78 is 5.90. The predicted molar refractivity (Wildman–Crippen MR) is 246 cm³/mol. The van der Waals surface area contributed by atoms with Crippen molar-refractivity contribution in [1.82, 2.24) is 5.32 Å². The molecular formula is C51H95NO5. The highest BCUT2D eigenvalue weighted by atomic mass is 16.5. The number of allylic oxidation sites excluding steroid dienone is 6. The van der Waals surface area contributed by atoms with E-state index >= 15 is 0 Å². The van der Waals surface area contributed by atoms with Crippen LogP contribution in [0.15, 0.2) is 36.5 Å². The number of hydrogen-bond acceptors (Lipinski definition) is 5. The molecule has 6 heteroatoms. The fourth-order valence-corrected chi connectivity index (χ4v) is 7.44. The first-order valence-corrected chi connectivity index (χ1v) is 24.7. The summed E-state index contributed by atoms with van der Waals surface area (Å²) in [4.78, 5) is 26.0. The van der Waals surface area contributed by atoms with E-state index in [4.69, 9.17) is 4.74 Å². The van der Waals surface area contributed by atoms with Crippen molar-refractivity contribution in [3.8, 4) is 0 Å². The highest BCUT2D eigenvalue weighted by molar-refractivity contribution is 5.77. The number of nitrogens with one attached hydrogen (secondary N) is 1. The third-order valence-corrected chi connectivity index (χ3v) is 11.2. The topological polar surface area (TPSA) is 95.9 Å². The Labute approximate surface area is 353 Å². The van der Waals surface area contributed by atoms with Gasteiger partial charge in [0.25, 0.3) is 0 Å². The first-order valence-electron chi connectivity index (χ1n) is 24.7. The number of carbonyl (C=O) groups is 2. The summed E-state index contributed by atoms with van der Waals surface area (Å²) in [5.41, 5.74) is 0. The van der Waals surface area contributed by atoms with Gasteiger partial charge in [-0.25, -0.2) is 0 Å². The van der Waals surface area contributed by atoms with Gasteiger partial charge in [-0.2, -0.15) is 0 Å². The highest BCUT2D eigenvalue weighted by Gasteiger charge is 2.24. The van der Waals surface area contributed by atoms with Crippen LogP contribution in [0.25, 0.3) is 0 Å². The summed E-state index contributed by atoms with van der Waals surface area (Å²) in [6.07, 6.45) is 52.1. The smallest absolute Gasteiger partial charge is 0.306 e. The minimum Gasteiger partial charge on any atom is -0.462 e. The largest absolute Gasteiger partial charge is 0.462 e. The Hall–Kier alpha value is -1.92. The summed E-state index contributed by atoms with van der Waals surface area (Å²) in [6, 6.07) is -0.698. The van der Waals surface area contributed by atoms with Gasteiger partial charge < -0.3 is 20.3 Å². The second-order valence-electron chi connectivity index (χ2n) is 16.9. The molecule has 0 rings (SSSR count). The molecule has 0 aliphatic carbocycles. The number of aliphatic hydroxyl groups excluding tert-OH is 2. The molecule has 334 valence electrons. The number of rotatable bonds is 44. The summed E-state index contributed by atoms with van der Waals surface area (Å²) >= 11 is 0. The normalized spacial score (nSPS) is 13.6. The lowest BCUT2D eigenvalue weighted by Gasteiger charge is -2.24. The Balaban J connectivity index is 4.43. The minimum atomic E-state index is -0.785. The standard InChI is InChI=1S/C51H95NO5/c1-4-7-10-13-16-19-21-22-23-24-25-26-27-28-30-32-35-38-41-44-51(56)57-47(42-39-36-33-18-15-12-9-6-3)45-50(55)52-48(46-53)49(54)43-40-37-34-31-29-20-17-14-11-8-5-2/h16,19,22-23,25-26,47-49,53-54H,4-15,17-18,20-21,24,27-46H2,1-3H3,(H,52,55)/b19-16-,23-22-,26-25-. The van der Waals surface area contributed by atoms with Gasteiger partial charge in [0.1, 0.15) is 6.10 Å². The fraction of sp³-hybridized carbons (Fsp3) is 0.843. The monoisotopic (exact) mass is 802 g/mol. The molecule has 1 amide bonds. The van der Waals surface area contributed by atoms with Gasteiger partial charge in [-0.05, 0) is 64.2 Å². The van der Waals surface area contributed by atoms with E-state index in [9.17, 15) is 19.8 Å². The lowest BCUT2D eigenvalue weighted by atomic mass is 10.0. The maximum Gasteiger partial charge on any atom is 0.306 e. The van der Waals surface area contributed by atoms with E-state index in [0.29, 0.717) is 19.3 Å². The van der Waals surface area contributed by atoms with Crippen LogP contribution >= 0.6 is 0 Å². The van der Waals surface area contributed by atoms with E-state index in [1.165, 1.54) is 135 Å². The summed E-state index contributed by atoms with van der Waals surface area (Å²) in [7, 11) is 0. The lowest BCUT2D eigenvalue weighted by molar-refractivity contribution is -0.151. The molecular weight excluding hydrogens is 707 g/mol. The molecule has 6 nitrogen and oxygen atoms in total. The molecule has 0 aromatic heterocycles. The Bertz CT molecular complexity index is 946. The maximum atomic E-state index is 13.1. The molecule has 0 aliphatic heterocycles. The zero-order chi connectivity index (χ0) is 41.7. The van der Waals surface area contributed by atoms with Crippen LogP contribution in [0.5, 0.6) is 0 Å². The zero-order valence-corrected chi connectivity index (χ0v) is 38.0. The molecule has 0 bridgehead atoms. The van der Waals surface area contributed by atoms with Gasteiger partial charge in [-0.3, -0.25) is 9.59 Å². The third-order valence-electron chi connectivity index (χ3n) is 11.2. The highest BCUT2D eigenvalue weighted by Crippen LogP contribution is 2.18. The predicted octanol–water partition coefficient (Wildman–Crippen LogP) is 14.5. The van der Waals surface area contributed by atoms with Crippen LogP contribution in [-0.4, -0.2) is 46.9 Å². The first kappa shape index (κ1) is 55.1. The van der Waals surface area contributed by atoms with Crippen LogP contribution in [0.4, 0.5) is 0 Å². The van der Waals surface area contributed by atoms with Crippen molar-refractivity contribution in [3.63, 3.8) is 0 Å². The van der Waals surface area contributed by atoms with Gasteiger partial charge in [-0.15, -0.1) is 0 Å². The average Bonchev–Trinajstić information content (AvgIpc) is 3.20. The van der Waals surface area contributed by atoms with Crippen LogP contribution in [0.2, 0.25) is 0 Å². The first-order chi connectivity index (χ1) is 28.0. The van der Waals surface area contributed by atoms with Crippen molar-refractivity contribution >= 4 is 11.9 Å². The van der Waals surface area contributed by atoms with Crippen molar-refractivity contribution in [2.24, 2.45) is 0 Å². The van der Waals surface area contributed by atoms with Crippen molar-refractivity contribution in [1.29, 1.82) is 0 Å². The lowest BCUT2D eigenvalue weighted by Crippen LogP contribution is -2.46. The average molecular weight is 802 g/mol. The van der Waals surface area contributed by atoms with Crippen molar-refractivity contribution in [3.05, 3.63) is 36.5 Å². The molecule has 0 aromatic rings. The summed E-state index contributed by atoms with van der Waals surface area (Å²) in [5.74, 6) is -0.485. The number of hydrogen-bond donors (Lipinski definition) is 3. The van der Waals surface area contributed by atoms with Crippen molar-refractivity contribution < 1.29 is 24.5 Å². The molecule has 0 radical (unpaired) electrons. The fourth-order valence-electron chi connectivity index (χ4n) is 7.44. The summed E-state index contributed by atoms with van der Waals surface area (Å²) in [5, 5.41) is 23.6. The molecule has 0 saturated carbocycles. The number of amides is 1. The second kappa shape index (κ2) is 45.2. The number of aliphatic hydroxyl groups is 2. The number of carbonyl (C=O) groups excluding carboxylic acids is 2. The van der Waals surface area contributed by atoms with E-state index in [1.54, 1.807) is 0 Å². The molecule has 3 unspecified atom stereocenters. The second-order valence-corrected chi connectivity index (χ2v) is 16.9. The summed E-state index contributed by atoms with van der Waals surface area (Å²) in [6.45, 7) is 6.42. The van der Waals surface area contributed by atoms with Crippen LogP contribution in [0.3, 0.4) is 0 Å². The molecule has 0 heterocycles. The van der Waals surface area contributed by atoms with Crippen LogP contribution in [-0.2, 0) is 14.3 Å². The molecule has 3 N–H and O–H groups in total. The van der Waals surface area contributed by atoms with Gasteiger partial charge in [0.05, 0.1) is 25.2 Å². The maximum absolute atomic E-state index is 13.1. The number of ether oxygens (including phenoxy) is 1. The Kier molecular flexibility index (Phi) is 43.6. The van der Waals surface area contributed by atoms with Gasteiger partial charge in [0.2, 0.25) is 5.91 Å². The molecule has 0 spiro atoms. The van der Waals surface area contributed by atoms with Gasteiger partial charge in [0, 0.05) is 6.42 Å². The molecule has 3 atom stereocenters. The molecule has 0 saturated heterocycles. The van der Waals surface area contributed by atoms with Crippen LogP contribution in [0.1, 0.15) is 252 Å². The van der Waals surface area contributed by atoms with E-state index in [-0.39, 0.29) is 24.9 Å². The van der Waals surface area contributed by atoms with Crippen LogP contribution in [0, 0.1) is 0 Å². The zero-order valence-electron chi connectivity index (χ0n) is 38.0. The Morgan fingerprint density at radius 2 is 0.895 bits per heavy atom. The van der Waals surface area contributed by atoms with E-state index in [1.807, 2.05) is 0 Å². The van der Waals surface area contributed by atoms with Gasteiger partial charge in [-0.1, -0.05) is 211 Å². The van der Waals surface area contributed by atoms with E-state index < -0.39 is 18.2 Å². The van der Waals surface area contributed by atoms with E-state index in [0.717, 1.165) is 70.6 Å². The molecule has 0 fully saturated rings. The van der Waals surface area contributed by atoms with Crippen molar-refractivity contribution in [2.75, 3.05) is 6.61 Å². The quantitative estimate of drug-likeness (QED) is 0.0324. The van der Waals surface area contributed by atoms with E-state index in [2.05, 4.69) is 62.5 Å².